The van der Waals surface area contributed by atoms with E-state index in [1.165, 1.54) is 0 Å². The minimum absolute atomic E-state index is 0.0590. The second-order valence-corrected chi connectivity index (χ2v) is 5.41. The van der Waals surface area contributed by atoms with Gasteiger partial charge in [-0.1, -0.05) is 13.8 Å². The fraction of sp³-hybridized carbons (Fsp3) is 1.00. The molecule has 5 heteroatoms. The molecular formula is C7H16O4S. The topological polar surface area (TPSA) is 74.6 Å². The first-order valence-corrected chi connectivity index (χ1v) is 5.30. The van der Waals surface area contributed by atoms with Crippen molar-refractivity contribution >= 4 is 10.1 Å². The van der Waals surface area contributed by atoms with Crippen LogP contribution in [-0.2, 0) is 10.1 Å². The summed E-state index contributed by atoms with van der Waals surface area (Å²) in [5.74, 6) is 0.304. The molecule has 0 aliphatic heterocycles. The summed E-state index contributed by atoms with van der Waals surface area (Å²) in [5, 5.41) is 9.26. The Morgan fingerprint density at radius 1 is 1.42 bits per heavy atom. The van der Waals surface area contributed by atoms with Gasteiger partial charge in [0.15, 0.2) is 4.93 Å². The van der Waals surface area contributed by atoms with E-state index >= 15 is 0 Å². The molecule has 0 aromatic rings. The lowest BCUT2D eigenvalue weighted by Gasteiger charge is -2.20. The summed E-state index contributed by atoms with van der Waals surface area (Å²) in [6.07, 6.45) is 0.621. The molecule has 0 saturated carbocycles. The van der Waals surface area contributed by atoms with Gasteiger partial charge < -0.3 is 5.11 Å². The highest BCUT2D eigenvalue weighted by Crippen LogP contribution is 2.20. The molecule has 0 spiro atoms. The molecule has 0 bridgehead atoms. The molecule has 2 N–H and O–H groups in total. The van der Waals surface area contributed by atoms with E-state index in [2.05, 4.69) is 0 Å². The van der Waals surface area contributed by atoms with Crippen molar-refractivity contribution in [2.24, 2.45) is 5.92 Å². The van der Waals surface area contributed by atoms with Crippen molar-refractivity contribution in [1.82, 2.24) is 0 Å². The quantitative estimate of drug-likeness (QED) is 0.658. The molecule has 74 valence electrons. The summed E-state index contributed by atoms with van der Waals surface area (Å²) in [4.78, 5) is -2.00. The molecule has 0 radical (unpaired) electrons. The molecule has 0 heterocycles. The van der Waals surface area contributed by atoms with Crippen molar-refractivity contribution in [1.29, 1.82) is 0 Å². The minimum atomic E-state index is -4.34. The minimum Gasteiger partial charge on any atom is -0.373 e. The highest BCUT2D eigenvalue weighted by atomic mass is 32.2. The molecule has 0 amide bonds. The van der Waals surface area contributed by atoms with Gasteiger partial charge >= 0.3 is 0 Å². The van der Waals surface area contributed by atoms with Gasteiger partial charge in [0.1, 0.15) is 0 Å². The molecule has 1 atom stereocenters. The van der Waals surface area contributed by atoms with Crippen LogP contribution < -0.4 is 0 Å². The lowest BCUT2D eigenvalue weighted by molar-refractivity contribution is 0.116. The maximum atomic E-state index is 10.6. The third-order valence-electron chi connectivity index (χ3n) is 1.74. The van der Waals surface area contributed by atoms with Crippen LogP contribution in [0.1, 0.15) is 33.6 Å². The van der Waals surface area contributed by atoms with Crippen molar-refractivity contribution in [3.05, 3.63) is 0 Å². The van der Waals surface area contributed by atoms with Gasteiger partial charge in [0.25, 0.3) is 10.1 Å². The van der Waals surface area contributed by atoms with E-state index < -0.39 is 15.1 Å². The van der Waals surface area contributed by atoms with Crippen molar-refractivity contribution in [2.75, 3.05) is 0 Å². The van der Waals surface area contributed by atoms with E-state index in [9.17, 15) is 13.5 Å². The molecule has 0 saturated heterocycles. The Labute approximate surface area is 73.4 Å². The van der Waals surface area contributed by atoms with Crippen LogP contribution in [-0.4, -0.2) is 23.0 Å². The average molecular weight is 196 g/mol. The fourth-order valence-electron chi connectivity index (χ4n) is 0.685. The zero-order valence-corrected chi connectivity index (χ0v) is 8.43. The number of hydrogen-bond acceptors (Lipinski definition) is 3. The second-order valence-electron chi connectivity index (χ2n) is 3.58. The lowest BCUT2D eigenvalue weighted by atomic mass is 10.1. The first kappa shape index (κ1) is 11.9. The summed E-state index contributed by atoms with van der Waals surface area (Å²) >= 11 is 0. The molecule has 0 aromatic heterocycles. The van der Waals surface area contributed by atoms with Crippen LogP contribution >= 0.6 is 0 Å². The van der Waals surface area contributed by atoms with Crippen LogP contribution in [0.5, 0.6) is 0 Å². The first-order valence-electron chi connectivity index (χ1n) is 3.86. The first-order chi connectivity index (χ1) is 5.17. The summed E-state index contributed by atoms with van der Waals surface area (Å²) in [6, 6.07) is 0. The molecule has 12 heavy (non-hydrogen) atoms. The summed E-state index contributed by atoms with van der Waals surface area (Å²) in [6.45, 7) is 4.94. The third-order valence-corrected chi connectivity index (χ3v) is 3.06. The Morgan fingerprint density at radius 3 is 2.08 bits per heavy atom. The van der Waals surface area contributed by atoms with E-state index in [4.69, 9.17) is 4.55 Å². The maximum Gasteiger partial charge on any atom is 0.294 e. The van der Waals surface area contributed by atoms with Crippen molar-refractivity contribution in [2.45, 2.75) is 38.5 Å². The second kappa shape index (κ2) is 3.72. The van der Waals surface area contributed by atoms with Gasteiger partial charge in [-0.2, -0.15) is 8.42 Å². The number of aliphatic hydroxyl groups is 1. The van der Waals surface area contributed by atoms with E-state index in [1.54, 1.807) is 0 Å². The van der Waals surface area contributed by atoms with Crippen molar-refractivity contribution in [3.8, 4) is 0 Å². The SMILES string of the molecule is CC(C)CCC(C)(O)S(=O)(=O)O. The van der Waals surface area contributed by atoms with Gasteiger partial charge in [-0.05, 0) is 25.7 Å². The van der Waals surface area contributed by atoms with Crippen LogP contribution in [0.4, 0.5) is 0 Å². The number of rotatable bonds is 4. The molecule has 4 nitrogen and oxygen atoms in total. The smallest absolute Gasteiger partial charge is 0.294 e. The Kier molecular flexibility index (Phi) is 3.68. The van der Waals surface area contributed by atoms with Crippen molar-refractivity contribution < 1.29 is 18.1 Å². The van der Waals surface area contributed by atoms with E-state index in [0.717, 1.165) is 6.92 Å². The monoisotopic (exact) mass is 196 g/mol. The highest BCUT2D eigenvalue weighted by Gasteiger charge is 2.34. The normalized spacial score (nSPS) is 17.8. The average Bonchev–Trinajstić information content (AvgIpc) is 1.81. The predicted molar refractivity (Wildman–Crippen MR) is 46.2 cm³/mol. The van der Waals surface area contributed by atoms with Crippen LogP contribution in [0.2, 0.25) is 0 Å². The Hall–Kier alpha value is -0.130. The maximum absolute atomic E-state index is 10.6. The van der Waals surface area contributed by atoms with Gasteiger partial charge in [-0.3, -0.25) is 4.55 Å². The molecule has 0 fully saturated rings. The van der Waals surface area contributed by atoms with Crippen LogP contribution in [0.3, 0.4) is 0 Å². The van der Waals surface area contributed by atoms with Gasteiger partial charge in [-0.25, -0.2) is 0 Å². The standard InChI is InChI=1S/C7H16O4S/c1-6(2)4-5-7(3,8)12(9,10)11/h6,8H,4-5H2,1-3H3,(H,9,10,11). The zero-order chi connectivity index (χ0) is 9.99. The molecule has 0 aliphatic rings. The van der Waals surface area contributed by atoms with Crippen molar-refractivity contribution in [3.63, 3.8) is 0 Å². The Morgan fingerprint density at radius 2 is 1.83 bits per heavy atom. The van der Waals surface area contributed by atoms with E-state index in [0.29, 0.717) is 12.3 Å². The largest absolute Gasteiger partial charge is 0.373 e. The predicted octanol–water partition coefficient (Wildman–Crippen LogP) is 1.02. The zero-order valence-electron chi connectivity index (χ0n) is 7.61. The van der Waals surface area contributed by atoms with Crippen LogP contribution in [0.25, 0.3) is 0 Å². The Balaban J connectivity index is 4.25. The molecule has 0 aromatic carbocycles. The summed E-state index contributed by atoms with van der Waals surface area (Å²) in [5.41, 5.74) is 0. The summed E-state index contributed by atoms with van der Waals surface area (Å²) < 4.78 is 29.7. The van der Waals surface area contributed by atoms with Gasteiger partial charge in [0, 0.05) is 0 Å². The van der Waals surface area contributed by atoms with E-state index in [-0.39, 0.29) is 6.42 Å². The Bertz CT molecular complexity index is 228. The molecule has 0 rings (SSSR count). The van der Waals surface area contributed by atoms with Gasteiger partial charge in [-0.15, -0.1) is 0 Å². The highest BCUT2D eigenvalue weighted by molar-refractivity contribution is 7.87. The van der Waals surface area contributed by atoms with Crippen LogP contribution in [0.15, 0.2) is 0 Å². The third kappa shape index (κ3) is 3.51. The fourth-order valence-corrected chi connectivity index (χ4v) is 1.06. The lowest BCUT2D eigenvalue weighted by Crippen LogP contribution is -2.34. The molecular weight excluding hydrogens is 180 g/mol. The number of hydrogen-bond donors (Lipinski definition) is 2. The van der Waals surface area contributed by atoms with Gasteiger partial charge in [0.05, 0.1) is 0 Å². The molecule has 1 unspecified atom stereocenters. The summed E-state index contributed by atoms with van der Waals surface area (Å²) in [7, 11) is -4.34. The van der Waals surface area contributed by atoms with E-state index in [1.807, 2.05) is 13.8 Å². The van der Waals surface area contributed by atoms with Crippen LogP contribution in [0, 0.1) is 5.92 Å². The molecule has 0 aliphatic carbocycles. The van der Waals surface area contributed by atoms with Gasteiger partial charge in [0.2, 0.25) is 0 Å².